The van der Waals surface area contributed by atoms with Gasteiger partial charge in [-0.05, 0) is 109 Å². The number of nitrogens with zero attached hydrogens (tertiary/aromatic N) is 1. The maximum Gasteiger partial charge on any atom is 0.143 e. The van der Waals surface area contributed by atoms with Crippen LogP contribution in [-0.2, 0) is 5.41 Å². The van der Waals surface area contributed by atoms with Gasteiger partial charge >= 0.3 is 0 Å². The number of anilines is 3. The lowest BCUT2D eigenvalue weighted by molar-refractivity contribution is 0.660. The first kappa shape index (κ1) is 35.3. The standard InChI is InChI=1S/C59H39NOS/c1-59(2)50-24-9-7-19-44(50)45-33-32-40(35-51(45)59)60(39-30-28-37(29-31-39)43-21-12-23-48-46-20-8-10-27-54(46)62-58(43)48)52-25-13-26-53-56(52)49-34-38-15-4-6-18-42(38)55(57(49)61-53)47-22-11-16-36-14-3-5-17-41(36)47/h3-35H,1-2H3. The molecule has 1 aliphatic rings. The Labute approximate surface area is 363 Å². The molecule has 292 valence electrons. The van der Waals surface area contributed by atoms with Gasteiger partial charge in [-0.2, -0.15) is 0 Å². The minimum absolute atomic E-state index is 0.152. The Morgan fingerprint density at radius 2 is 1.10 bits per heavy atom. The zero-order valence-electron chi connectivity index (χ0n) is 34.3. The summed E-state index contributed by atoms with van der Waals surface area (Å²) in [7, 11) is 0. The largest absolute Gasteiger partial charge is 0.455 e. The van der Waals surface area contributed by atoms with Crippen molar-refractivity contribution >= 4 is 92.1 Å². The van der Waals surface area contributed by atoms with Crippen LogP contribution in [0.25, 0.3) is 97.0 Å². The number of thiophene rings is 1. The molecule has 0 radical (unpaired) electrons. The molecule has 2 aromatic heterocycles. The topological polar surface area (TPSA) is 16.4 Å². The van der Waals surface area contributed by atoms with Crippen LogP contribution >= 0.6 is 11.3 Å². The van der Waals surface area contributed by atoms with Crippen molar-refractivity contribution in [1.29, 1.82) is 0 Å². The lowest BCUT2D eigenvalue weighted by Gasteiger charge is -2.29. The van der Waals surface area contributed by atoms with Crippen molar-refractivity contribution in [2.24, 2.45) is 0 Å². The molecule has 0 fully saturated rings. The molecule has 0 bridgehead atoms. The van der Waals surface area contributed by atoms with Crippen LogP contribution in [0, 0.1) is 0 Å². The second-order valence-corrected chi connectivity index (χ2v) is 18.2. The quantitative estimate of drug-likeness (QED) is 0.172. The Bertz CT molecular complexity index is 3790. The molecule has 0 saturated carbocycles. The number of benzene rings is 10. The second kappa shape index (κ2) is 13.3. The van der Waals surface area contributed by atoms with E-state index in [1.165, 1.54) is 80.7 Å². The van der Waals surface area contributed by atoms with E-state index >= 15 is 0 Å². The van der Waals surface area contributed by atoms with Crippen LogP contribution in [-0.4, -0.2) is 0 Å². The number of furan rings is 1. The van der Waals surface area contributed by atoms with Crippen molar-refractivity contribution in [3.05, 3.63) is 211 Å². The normalized spacial score (nSPS) is 13.1. The summed E-state index contributed by atoms with van der Waals surface area (Å²) in [5.74, 6) is 0. The molecular formula is C59H39NOS. The fraction of sp³-hybridized carbons (Fsp3) is 0.0508. The van der Waals surface area contributed by atoms with Gasteiger partial charge in [-0.3, -0.25) is 0 Å². The molecule has 10 aromatic carbocycles. The summed E-state index contributed by atoms with van der Waals surface area (Å²) in [6.07, 6.45) is 0. The van der Waals surface area contributed by atoms with Crippen LogP contribution in [0.3, 0.4) is 0 Å². The molecule has 2 heterocycles. The Hall–Kier alpha value is -7.46. The van der Waals surface area contributed by atoms with Gasteiger partial charge in [-0.1, -0.05) is 166 Å². The first-order valence-corrected chi connectivity index (χ1v) is 22.2. The SMILES string of the molecule is CC1(C)c2ccccc2-c2ccc(N(c3ccc(-c4cccc5c4sc4ccccc45)cc3)c3cccc4oc5c(-c6cccc7ccccc67)c6ccccc6cc5c34)cc21. The van der Waals surface area contributed by atoms with E-state index in [1.807, 2.05) is 11.3 Å². The molecule has 0 amide bonds. The molecule has 0 unspecified atom stereocenters. The fourth-order valence-corrected chi connectivity index (χ4v) is 11.8. The Kier molecular flexibility index (Phi) is 7.56. The highest BCUT2D eigenvalue weighted by Gasteiger charge is 2.36. The highest BCUT2D eigenvalue weighted by atomic mass is 32.1. The van der Waals surface area contributed by atoms with Crippen molar-refractivity contribution in [2.45, 2.75) is 19.3 Å². The predicted molar refractivity (Wildman–Crippen MR) is 265 cm³/mol. The summed E-state index contributed by atoms with van der Waals surface area (Å²) in [5, 5.41) is 9.61. The Morgan fingerprint density at radius 3 is 1.98 bits per heavy atom. The van der Waals surface area contributed by atoms with Gasteiger partial charge in [-0.25, -0.2) is 0 Å². The summed E-state index contributed by atoms with van der Waals surface area (Å²) in [5.41, 5.74) is 15.0. The zero-order valence-corrected chi connectivity index (χ0v) is 35.1. The molecule has 3 heteroatoms. The van der Waals surface area contributed by atoms with Gasteiger partial charge in [0.25, 0.3) is 0 Å². The predicted octanol–water partition coefficient (Wildman–Crippen LogP) is 17.4. The summed E-state index contributed by atoms with van der Waals surface area (Å²) in [6, 6.07) is 73.5. The third kappa shape index (κ3) is 5.09. The van der Waals surface area contributed by atoms with E-state index in [-0.39, 0.29) is 5.41 Å². The van der Waals surface area contributed by atoms with Crippen LogP contribution in [0.4, 0.5) is 17.1 Å². The minimum Gasteiger partial charge on any atom is -0.455 e. The molecule has 0 aliphatic heterocycles. The van der Waals surface area contributed by atoms with Crippen LogP contribution in [0.15, 0.2) is 205 Å². The average Bonchev–Trinajstić information content (AvgIpc) is 3.96. The van der Waals surface area contributed by atoms with E-state index in [2.05, 4.69) is 219 Å². The van der Waals surface area contributed by atoms with Gasteiger partial charge in [0.05, 0.1) is 11.1 Å². The first-order valence-electron chi connectivity index (χ1n) is 21.4. The van der Waals surface area contributed by atoms with Gasteiger partial charge in [0.15, 0.2) is 0 Å². The third-order valence-corrected chi connectivity index (χ3v) is 14.7. The molecule has 13 rings (SSSR count). The van der Waals surface area contributed by atoms with E-state index in [0.29, 0.717) is 0 Å². The van der Waals surface area contributed by atoms with E-state index in [1.54, 1.807) is 0 Å². The third-order valence-electron chi connectivity index (χ3n) is 13.5. The number of hydrogen-bond donors (Lipinski definition) is 0. The van der Waals surface area contributed by atoms with Crippen molar-refractivity contribution < 1.29 is 4.42 Å². The second-order valence-electron chi connectivity index (χ2n) is 17.2. The van der Waals surface area contributed by atoms with Gasteiger partial charge in [0.2, 0.25) is 0 Å². The van der Waals surface area contributed by atoms with Crippen molar-refractivity contribution in [3.8, 4) is 33.4 Å². The molecular weight excluding hydrogens is 771 g/mol. The van der Waals surface area contributed by atoms with Gasteiger partial charge in [-0.15, -0.1) is 11.3 Å². The van der Waals surface area contributed by atoms with E-state index in [4.69, 9.17) is 4.42 Å². The summed E-state index contributed by atoms with van der Waals surface area (Å²) in [4.78, 5) is 2.45. The molecule has 2 nitrogen and oxygen atoms in total. The first-order chi connectivity index (χ1) is 30.5. The van der Waals surface area contributed by atoms with Gasteiger partial charge < -0.3 is 9.32 Å². The van der Waals surface area contributed by atoms with Crippen LogP contribution in [0.2, 0.25) is 0 Å². The monoisotopic (exact) mass is 809 g/mol. The smallest absolute Gasteiger partial charge is 0.143 e. The summed E-state index contributed by atoms with van der Waals surface area (Å²) in [6.45, 7) is 4.72. The van der Waals surface area contributed by atoms with Gasteiger partial charge in [0, 0.05) is 47.9 Å². The maximum atomic E-state index is 7.12. The van der Waals surface area contributed by atoms with E-state index in [0.717, 1.165) is 44.6 Å². The van der Waals surface area contributed by atoms with Crippen molar-refractivity contribution in [2.75, 3.05) is 4.90 Å². The maximum absolute atomic E-state index is 7.12. The number of rotatable bonds is 5. The van der Waals surface area contributed by atoms with E-state index < -0.39 is 0 Å². The minimum atomic E-state index is -0.152. The zero-order chi connectivity index (χ0) is 41.1. The molecule has 1 aliphatic carbocycles. The van der Waals surface area contributed by atoms with E-state index in [9.17, 15) is 0 Å². The molecule has 0 atom stereocenters. The molecule has 0 saturated heterocycles. The van der Waals surface area contributed by atoms with Crippen LogP contribution in [0.1, 0.15) is 25.0 Å². The molecule has 0 spiro atoms. The van der Waals surface area contributed by atoms with Crippen molar-refractivity contribution in [3.63, 3.8) is 0 Å². The fourth-order valence-electron chi connectivity index (χ4n) is 10.5. The van der Waals surface area contributed by atoms with Crippen LogP contribution in [0.5, 0.6) is 0 Å². The number of hydrogen-bond acceptors (Lipinski definition) is 3. The molecule has 12 aromatic rings. The molecule has 0 N–H and O–H groups in total. The Balaban J connectivity index is 1.06. The number of fused-ring (bicyclic) bond motifs is 11. The average molecular weight is 810 g/mol. The lowest BCUT2D eigenvalue weighted by atomic mass is 9.82. The summed E-state index contributed by atoms with van der Waals surface area (Å²) < 4.78 is 9.76. The lowest BCUT2D eigenvalue weighted by Crippen LogP contribution is -2.16. The van der Waals surface area contributed by atoms with Crippen molar-refractivity contribution in [1.82, 2.24) is 0 Å². The highest BCUT2D eigenvalue weighted by molar-refractivity contribution is 7.26. The molecule has 62 heavy (non-hydrogen) atoms. The highest BCUT2D eigenvalue weighted by Crippen LogP contribution is 2.53. The van der Waals surface area contributed by atoms with Gasteiger partial charge in [0.1, 0.15) is 11.2 Å². The summed E-state index contributed by atoms with van der Waals surface area (Å²) >= 11 is 1.88. The Morgan fingerprint density at radius 1 is 0.452 bits per heavy atom. The van der Waals surface area contributed by atoms with Crippen LogP contribution < -0.4 is 4.90 Å².